The lowest BCUT2D eigenvalue weighted by Gasteiger charge is -2.25. The Hall–Kier alpha value is -0.820. The number of rotatable bonds is 6. The van der Waals surface area contributed by atoms with Crippen molar-refractivity contribution >= 4 is 27.3 Å². The Kier molecular flexibility index (Phi) is 5.82. The fourth-order valence-electron chi connectivity index (χ4n) is 1.84. The predicted octanol–water partition coefficient (Wildman–Crippen LogP) is 1.79. The summed E-state index contributed by atoms with van der Waals surface area (Å²) in [6.07, 6.45) is 0. The van der Waals surface area contributed by atoms with Crippen molar-refractivity contribution in [1.29, 1.82) is 0 Å². The summed E-state index contributed by atoms with van der Waals surface area (Å²) in [6, 6.07) is 4.45. The van der Waals surface area contributed by atoms with Crippen LogP contribution in [0.15, 0.2) is 23.1 Å². The average Bonchev–Trinajstić information content (AvgIpc) is 2.26. The molecule has 0 radical (unpaired) electrons. The van der Waals surface area contributed by atoms with Crippen LogP contribution in [0.2, 0.25) is 5.02 Å². The van der Waals surface area contributed by atoms with E-state index in [-0.39, 0.29) is 27.6 Å². The summed E-state index contributed by atoms with van der Waals surface area (Å²) >= 11 is 5.97. The predicted molar refractivity (Wildman–Crippen MR) is 83.4 cm³/mol. The van der Waals surface area contributed by atoms with Gasteiger partial charge in [0.15, 0.2) is 0 Å². The second-order valence-corrected chi connectivity index (χ2v) is 7.45. The second-order valence-electron chi connectivity index (χ2n) is 5.39. The minimum Gasteiger partial charge on any atom is -0.398 e. The third kappa shape index (κ3) is 4.34. The number of likely N-dealkylation sites (N-methyl/N-ethyl adjacent to an activating group) is 1. The van der Waals surface area contributed by atoms with E-state index in [0.717, 1.165) is 0 Å². The van der Waals surface area contributed by atoms with Crippen molar-refractivity contribution in [1.82, 2.24) is 9.62 Å². The number of hydrogen-bond acceptors (Lipinski definition) is 4. The summed E-state index contributed by atoms with van der Waals surface area (Å²) in [4.78, 5) is 1.88. The summed E-state index contributed by atoms with van der Waals surface area (Å²) in [5.41, 5.74) is 5.90. The highest BCUT2D eigenvalue weighted by atomic mass is 35.5. The minimum absolute atomic E-state index is 0.0499. The lowest BCUT2D eigenvalue weighted by atomic mass is 10.1. The molecule has 0 aromatic heterocycles. The number of nitrogens with two attached hydrogens (primary N) is 1. The molecule has 1 aromatic carbocycles. The molecule has 0 saturated heterocycles. The van der Waals surface area contributed by atoms with Gasteiger partial charge in [-0.1, -0.05) is 31.5 Å². The molecule has 114 valence electrons. The monoisotopic (exact) mass is 319 g/mol. The average molecular weight is 320 g/mol. The van der Waals surface area contributed by atoms with E-state index in [1.165, 1.54) is 12.1 Å². The molecule has 0 bridgehead atoms. The van der Waals surface area contributed by atoms with Crippen molar-refractivity contribution in [3.8, 4) is 0 Å². The van der Waals surface area contributed by atoms with Gasteiger partial charge in [-0.3, -0.25) is 0 Å². The maximum atomic E-state index is 12.5. The number of nitrogen functional groups attached to an aromatic ring is 1. The Bertz CT molecular complexity index is 538. The first-order valence-electron chi connectivity index (χ1n) is 6.36. The van der Waals surface area contributed by atoms with Gasteiger partial charge in [0.2, 0.25) is 10.0 Å². The van der Waals surface area contributed by atoms with Gasteiger partial charge < -0.3 is 10.6 Å². The first kappa shape index (κ1) is 17.2. The number of anilines is 1. The van der Waals surface area contributed by atoms with E-state index in [9.17, 15) is 8.42 Å². The Morgan fingerprint density at radius 2 is 1.95 bits per heavy atom. The zero-order valence-corrected chi connectivity index (χ0v) is 13.8. The van der Waals surface area contributed by atoms with Crippen molar-refractivity contribution in [2.24, 2.45) is 5.92 Å². The van der Waals surface area contributed by atoms with Crippen LogP contribution in [0, 0.1) is 5.92 Å². The molecule has 0 spiro atoms. The van der Waals surface area contributed by atoms with Crippen LogP contribution in [0.3, 0.4) is 0 Å². The van der Waals surface area contributed by atoms with E-state index >= 15 is 0 Å². The maximum absolute atomic E-state index is 12.5. The summed E-state index contributed by atoms with van der Waals surface area (Å²) in [6.45, 7) is 4.53. The second kappa shape index (κ2) is 6.76. The topological polar surface area (TPSA) is 75.4 Å². The fourth-order valence-corrected chi connectivity index (χ4v) is 3.90. The van der Waals surface area contributed by atoms with Crippen LogP contribution in [0.5, 0.6) is 0 Å². The molecule has 0 heterocycles. The van der Waals surface area contributed by atoms with Crippen molar-refractivity contribution in [3.63, 3.8) is 0 Å². The summed E-state index contributed by atoms with van der Waals surface area (Å²) < 4.78 is 27.6. The van der Waals surface area contributed by atoms with Gasteiger partial charge in [-0.05, 0) is 32.1 Å². The molecule has 7 heteroatoms. The molecule has 3 N–H and O–H groups in total. The normalized spacial score (nSPS) is 13.9. The highest BCUT2D eigenvalue weighted by Gasteiger charge is 2.26. The van der Waals surface area contributed by atoms with Crippen LogP contribution >= 0.6 is 11.6 Å². The third-order valence-electron chi connectivity index (χ3n) is 2.94. The van der Waals surface area contributed by atoms with Crippen molar-refractivity contribution in [3.05, 3.63) is 23.2 Å². The zero-order valence-electron chi connectivity index (χ0n) is 12.2. The number of benzene rings is 1. The number of nitrogens with one attached hydrogen (secondary N) is 1. The first-order chi connectivity index (χ1) is 9.15. The number of halogens is 1. The summed E-state index contributed by atoms with van der Waals surface area (Å²) in [5.74, 6) is 0.149. The van der Waals surface area contributed by atoms with Gasteiger partial charge in [-0.25, -0.2) is 13.1 Å². The molecule has 0 aliphatic carbocycles. The van der Waals surface area contributed by atoms with Crippen molar-refractivity contribution in [2.75, 3.05) is 26.4 Å². The van der Waals surface area contributed by atoms with E-state index in [2.05, 4.69) is 4.72 Å². The maximum Gasteiger partial charge on any atom is 0.244 e. The highest BCUT2D eigenvalue weighted by Crippen LogP contribution is 2.27. The van der Waals surface area contributed by atoms with Crippen LogP contribution in [0.1, 0.15) is 13.8 Å². The van der Waals surface area contributed by atoms with Crippen molar-refractivity contribution in [2.45, 2.75) is 24.8 Å². The molecule has 1 aromatic rings. The molecule has 1 atom stereocenters. The Balaban J connectivity index is 3.10. The molecule has 1 unspecified atom stereocenters. The third-order valence-corrected chi connectivity index (χ3v) is 4.97. The molecule has 0 aliphatic heterocycles. The van der Waals surface area contributed by atoms with E-state index < -0.39 is 10.0 Å². The number of sulfonamides is 1. The van der Waals surface area contributed by atoms with Crippen LogP contribution in [-0.2, 0) is 10.0 Å². The van der Waals surface area contributed by atoms with E-state index in [0.29, 0.717) is 6.54 Å². The zero-order chi connectivity index (χ0) is 15.5. The Labute approximate surface area is 126 Å². The minimum atomic E-state index is -3.75. The van der Waals surface area contributed by atoms with Gasteiger partial charge in [0, 0.05) is 12.6 Å². The van der Waals surface area contributed by atoms with Gasteiger partial charge in [-0.15, -0.1) is 0 Å². The van der Waals surface area contributed by atoms with E-state index in [1.54, 1.807) is 6.07 Å². The van der Waals surface area contributed by atoms with Gasteiger partial charge in [0.25, 0.3) is 0 Å². The molecule has 0 saturated carbocycles. The fraction of sp³-hybridized carbons (Fsp3) is 0.538. The molecule has 0 fully saturated rings. The summed E-state index contributed by atoms with van der Waals surface area (Å²) in [5, 5.41) is 0.129. The van der Waals surface area contributed by atoms with E-state index in [1.807, 2.05) is 32.8 Å². The molecule has 1 rings (SSSR count). The molecule has 5 nitrogen and oxygen atoms in total. The lowest BCUT2D eigenvalue weighted by molar-refractivity contribution is 0.314. The van der Waals surface area contributed by atoms with E-state index in [4.69, 9.17) is 17.3 Å². The smallest absolute Gasteiger partial charge is 0.244 e. The van der Waals surface area contributed by atoms with Gasteiger partial charge >= 0.3 is 0 Å². The summed E-state index contributed by atoms with van der Waals surface area (Å²) in [7, 11) is 0.0476. The van der Waals surface area contributed by atoms with Crippen LogP contribution in [0.25, 0.3) is 0 Å². The molecule has 0 amide bonds. The highest BCUT2D eigenvalue weighted by molar-refractivity contribution is 7.89. The molecule has 20 heavy (non-hydrogen) atoms. The van der Waals surface area contributed by atoms with Gasteiger partial charge in [-0.2, -0.15) is 0 Å². The SMILES string of the molecule is CC(C)C(CN(C)C)NS(=O)(=O)c1c(N)cccc1Cl. The van der Waals surface area contributed by atoms with Crippen molar-refractivity contribution < 1.29 is 8.42 Å². The van der Waals surface area contributed by atoms with Gasteiger partial charge in [0.1, 0.15) is 4.90 Å². The lowest BCUT2D eigenvalue weighted by Crippen LogP contribution is -2.45. The van der Waals surface area contributed by atoms with Gasteiger partial charge in [0.05, 0.1) is 10.7 Å². The Morgan fingerprint density at radius 1 is 1.35 bits per heavy atom. The van der Waals surface area contributed by atoms with Crippen LogP contribution in [0.4, 0.5) is 5.69 Å². The quantitative estimate of drug-likeness (QED) is 0.784. The molecular weight excluding hydrogens is 298 g/mol. The largest absolute Gasteiger partial charge is 0.398 e. The number of nitrogens with zero attached hydrogens (tertiary/aromatic N) is 1. The molecular formula is C13H22ClN3O2S. The van der Waals surface area contributed by atoms with Crippen LogP contribution < -0.4 is 10.5 Å². The number of hydrogen-bond donors (Lipinski definition) is 2. The first-order valence-corrected chi connectivity index (χ1v) is 8.22. The Morgan fingerprint density at radius 3 is 2.40 bits per heavy atom. The standard InChI is InChI=1S/C13H22ClN3O2S/c1-9(2)12(8-17(3)4)16-20(18,19)13-10(14)6-5-7-11(13)15/h5-7,9,12,16H,8,15H2,1-4H3. The van der Waals surface area contributed by atoms with Crippen LogP contribution in [-0.4, -0.2) is 40.0 Å². The molecule has 0 aliphatic rings.